The SMILES string of the molecule is Cc1ccc(N(c2ccc3oc4cc(N(c5ccc(C)cc5)c5cccc6c5oc5c(C(C)(C)C)cccc56)c5ccccc5c4c3c2)c2cccc3c2oc2c(C(C)(C)C)cccc23)cc1. The quantitative estimate of drug-likeness (QED) is 0.167. The minimum atomic E-state index is -0.0966. The van der Waals surface area contributed by atoms with Gasteiger partial charge in [0, 0.05) is 72.0 Å². The van der Waals surface area contributed by atoms with Gasteiger partial charge in [-0.25, -0.2) is 0 Å². The molecule has 12 aromatic rings. The van der Waals surface area contributed by atoms with Crippen LogP contribution in [0.4, 0.5) is 34.1 Å². The van der Waals surface area contributed by atoms with E-state index in [9.17, 15) is 0 Å². The summed E-state index contributed by atoms with van der Waals surface area (Å²) in [5.74, 6) is 0. The molecule has 12 rings (SSSR count). The zero-order valence-electron chi connectivity index (χ0n) is 39.3. The van der Waals surface area contributed by atoms with Gasteiger partial charge in [0.1, 0.15) is 22.3 Å². The van der Waals surface area contributed by atoms with Crippen molar-refractivity contribution in [1.82, 2.24) is 0 Å². The molecule has 328 valence electrons. The van der Waals surface area contributed by atoms with E-state index in [2.05, 4.69) is 235 Å². The minimum absolute atomic E-state index is 0.0890. The summed E-state index contributed by atoms with van der Waals surface area (Å²) in [7, 11) is 0. The third-order valence-corrected chi connectivity index (χ3v) is 13.6. The number of hydrogen-bond acceptors (Lipinski definition) is 5. The molecule has 0 unspecified atom stereocenters. The molecular weight excluding hydrogens is 821 g/mol. The predicted molar refractivity (Wildman–Crippen MR) is 282 cm³/mol. The smallest absolute Gasteiger partial charge is 0.159 e. The van der Waals surface area contributed by atoms with Crippen molar-refractivity contribution in [3.8, 4) is 0 Å². The molecule has 0 fully saturated rings. The van der Waals surface area contributed by atoms with Crippen molar-refractivity contribution in [2.24, 2.45) is 0 Å². The summed E-state index contributed by atoms with van der Waals surface area (Å²) in [6.07, 6.45) is 0. The van der Waals surface area contributed by atoms with E-state index in [0.717, 1.165) is 111 Å². The highest BCUT2D eigenvalue weighted by molar-refractivity contribution is 6.24. The predicted octanol–water partition coefficient (Wildman–Crippen LogP) is 18.7. The molecule has 0 saturated carbocycles. The maximum absolute atomic E-state index is 7.04. The number of nitrogens with zero attached hydrogens (tertiary/aromatic N) is 2. The van der Waals surface area contributed by atoms with Gasteiger partial charge in [0.15, 0.2) is 11.2 Å². The first-order chi connectivity index (χ1) is 32.3. The summed E-state index contributed by atoms with van der Waals surface area (Å²) >= 11 is 0. The van der Waals surface area contributed by atoms with Crippen molar-refractivity contribution in [3.63, 3.8) is 0 Å². The van der Waals surface area contributed by atoms with Gasteiger partial charge in [0.05, 0.1) is 17.1 Å². The number of para-hydroxylation sites is 4. The van der Waals surface area contributed by atoms with Crippen LogP contribution >= 0.6 is 0 Å². The Morgan fingerprint density at radius 1 is 0.328 bits per heavy atom. The van der Waals surface area contributed by atoms with Gasteiger partial charge in [0.2, 0.25) is 0 Å². The average Bonchev–Trinajstić information content (AvgIpc) is 4.02. The Bertz CT molecular complexity index is 3910. The van der Waals surface area contributed by atoms with Crippen LogP contribution in [0.5, 0.6) is 0 Å². The standard InChI is InChI=1S/C62H52N2O3/c1-37-25-29-39(30-26-37)63(51-23-13-19-46-44-17-11-21-49(61(3,4)5)57(44)66-59(46)51)41-33-34-54-48(35-41)56-43-16-10-9-15-42(43)53(36-55(56)65-54)64(40-31-27-38(2)28-32-40)52-24-14-20-47-45-18-12-22-50(62(6,7)8)58(45)67-60(47)52/h9-36H,1-8H3. The van der Waals surface area contributed by atoms with Crippen LogP contribution in [0, 0.1) is 13.8 Å². The third-order valence-electron chi connectivity index (χ3n) is 13.6. The average molecular weight is 873 g/mol. The third kappa shape index (κ3) is 6.51. The second kappa shape index (κ2) is 14.9. The van der Waals surface area contributed by atoms with Gasteiger partial charge in [0.25, 0.3) is 0 Å². The van der Waals surface area contributed by atoms with Crippen molar-refractivity contribution in [1.29, 1.82) is 0 Å². The summed E-state index contributed by atoms with van der Waals surface area (Å²) in [5.41, 5.74) is 15.8. The van der Waals surface area contributed by atoms with E-state index >= 15 is 0 Å². The summed E-state index contributed by atoms with van der Waals surface area (Å²) in [6, 6.07) is 61.1. The molecule has 67 heavy (non-hydrogen) atoms. The van der Waals surface area contributed by atoms with E-state index in [4.69, 9.17) is 13.3 Å². The fraction of sp³-hybridized carbons (Fsp3) is 0.161. The van der Waals surface area contributed by atoms with Gasteiger partial charge < -0.3 is 23.1 Å². The number of aryl methyl sites for hydroxylation is 2. The largest absolute Gasteiger partial charge is 0.456 e. The number of benzene rings is 9. The van der Waals surface area contributed by atoms with Gasteiger partial charge >= 0.3 is 0 Å². The van der Waals surface area contributed by atoms with Crippen LogP contribution < -0.4 is 9.80 Å². The number of rotatable bonds is 6. The van der Waals surface area contributed by atoms with E-state index in [1.807, 2.05) is 0 Å². The molecule has 5 nitrogen and oxygen atoms in total. The van der Waals surface area contributed by atoms with Crippen molar-refractivity contribution in [3.05, 3.63) is 192 Å². The molecule has 0 radical (unpaired) electrons. The lowest BCUT2D eigenvalue weighted by Crippen LogP contribution is -2.11. The summed E-state index contributed by atoms with van der Waals surface area (Å²) in [5, 5.41) is 8.73. The highest BCUT2D eigenvalue weighted by Crippen LogP contribution is 2.50. The Morgan fingerprint density at radius 3 is 1.31 bits per heavy atom. The van der Waals surface area contributed by atoms with Crippen LogP contribution in [0.25, 0.3) is 76.6 Å². The molecule has 0 bridgehead atoms. The van der Waals surface area contributed by atoms with Crippen molar-refractivity contribution >= 4 is 111 Å². The van der Waals surface area contributed by atoms with Crippen LogP contribution in [0.3, 0.4) is 0 Å². The maximum Gasteiger partial charge on any atom is 0.159 e. The fourth-order valence-corrected chi connectivity index (χ4v) is 10.3. The Balaban J connectivity index is 1.09. The first kappa shape index (κ1) is 40.7. The van der Waals surface area contributed by atoms with E-state index in [-0.39, 0.29) is 10.8 Å². The minimum Gasteiger partial charge on any atom is -0.456 e. The molecule has 0 amide bonds. The molecule has 0 N–H and O–H groups in total. The number of hydrogen-bond donors (Lipinski definition) is 0. The molecule has 3 aromatic heterocycles. The molecular formula is C62H52N2O3. The Kier molecular flexibility index (Phi) is 9.05. The van der Waals surface area contributed by atoms with E-state index < -0.39 is 0 Å². The molecule has 0 aliphatic carbocycles. The van der Waals surface area contributed by atoms with Crippen molar-refractivity contribution in [2.45, 2.75) is 66.2 Å². The van der Waals surface area contributed by atoms with Gasteiger partial charge in [-0.1, -0.05) is 162 Å². The fourth-order valence-electron chi connectivity index (χ4n) is 10.3. The van der Waals surface area contributed by atoms with Crippen LogP contribution in [-0.4, -0.2) is 0 Å². The van der Waals surface area contributed by atoms with Crippen LogP contribution in [0.15, 0.2) is 183 Å². The normalized spacial score (nSPS) is 12.5. The molecule has 0 aliphatic heterocycles. The van der Waals surface area contributed by atoms with Gasteiger partial charge in [-0.2, -0.15) is 0 Å². The molecule has 3 heterocycles. The van der Waals surface area contributed by atoms with Gasteiger partial charge in [-0.05, 0) is 84.7 Å². The van der Waals surface area contributed by atoms with Crippen LogP contribution in [-0.2, 0) is 10.8 Å². The van der Waals surface area contributed by atoms with Gasteiger partial charge in [-0.15, -0.1) is 0 Å². The lowest BCUT2D eigenvalue weighted by atomic mass is 9.86. The molecule has 0 saturated heterocycles. The first-order valence-electron chi connectivity index (χ1n) is 23.3. The first-order valence-corrected chi connectivity index (χ1v) is 23.3. The molecule has 9 aromatic carbocycles. The molecule has 0 spiro atoms. The Hall–Kier alpha value is -7.76. The molecule has 5 heteroatoms. The highest BCUT2D eigenvalue weighted by Gasteiger charge is 2.28. The summed E-state index contributed by atoms with van der Waals surface area (Å²) in [4.78, 5) is 4.67. The van der Waals surface area contributed by atoms with Crippen LogP contribution in [0.1, 0.15) is 63.8 Å². The zero-order chi connectivity index (χ0) is 45.9. The molecule has 0 aliphatic rings. The lowest BCUT2D eigenvalue weighted by molar-refractivity contribution is 0.572. The van der Waals surface area contributed by atoms with Crippen molar-refractivity contribution in [2.75, 3.05) is 9.80 Å². The summed E-state index contributed by atoms with van der Waals surface area (Å²) < 4.78 is 21.0. The van der Waals surface area contributed by atoms with Crippen LogP contribution in [0.2, 0.25) is 0 Å². The number of anilines is 6. The van der Waals surface area contributed by atoms with Crippen molar-refractivity contribution < 1.29 is 13.3 Å². The second-order valence-electron chi connectivity index (χ2n) is 20.3. The van der Waals surface area contributed by atoms with E-state index in [0.29, 0.717) is 0 Å². The lowest BCUT2D eigenvalue weighted by Gasteiger charge is -2.27. The highest BCUT2D eigenvalue weighted by atomic mass is 16.3. The van der Waals surface area contributed by atoms with E-state index in [1.165, 1.54) is 22.3 Å². The maximum atomic E-state index is 7.04. The van der Waals surface area contributed by atoms with Gasteiger partial charge in [-0.3, -0.25) is 0 Å². The second-order valence-corrected chi connectivity index (χ2v) is 20.3. The topological polar surface area (TPSA) is 45.9 Å². The summed E-state index contributed by atoms with van der Waals surface area (Å²) in [6.45, 7) is 17.7. The molecule has 0 atom stereocenters. The zero-order valence-corrected chi connectivity index (χ0v) is 39.3. The Morgan fingerprint density at radius 2 is 0.776 bits per heavy atom. The Labute approximate surface area is 390 Å². The number of fused-ring (bicyclic) bond motifs is 11. The van der Waals surface area contributed by atoms with E-state index in [1.54, 1.807) is 0 Å². The number of furan rings is 3. The monoisotopic (exact) mass is 872 g/mol.